The Balaban J connectivity index is 1.10. The predicted molar refractivity (Wildman–Crippen MR) is 165 cm³/mol. The van der Waals surface area contributed by atoms with E-state index in [1.54, 1.807) is 67.5 Å². The standard InChI is InChI=1S/C33H31N3O6S/c1-22-19-28(43(39,40)36-18-16-23-5-3-4-6-29(23)36)13-14-31(22)42-21-32(37)34-26-10-7-24-15-17-35(30(24)20-26)33(38)25-8-11-27(41-2)12-9-25/h3-14,19-20H,15-18,21H2,1-2H3,(H,34,37). The fourth-order valence-electron chi connectivity index (χ4n) is 5.53. The first-order chi connectivity index (χ1) is 20.7. The minimum atomic E-state index is -3.74. The van der Waals surface area contributed by atoms with Gasteiger partial charge in [-0.15, -0.1) is 0 Å². The van der Waals surface area contributed by atoms with Crippen molar-refractivity contribution in [2.45, 2.75) is 24.7 Å². The number of methoxy groups -OCH3 is 1. The van der Waals surface area contributed by atoms with Crippen LogP contribution in [0.1, 0.15) is 27.0 Å². The number of ether oxygens (including phenoxy) is 2. The van der Waals surface area contributed by atoms with Crippen molar-refractivity contribution in [2.24, 2.45) is 0 Å². The van der Waals surface area contributed by atoms with Crippen molar-refractivity contribution >= 4 is 38.9 Å². The van der Waals surface area contributed by atoms with Gasteiger partial charge in [-0.25, -0.2) is 8.42 Å². The number of sulfonamides is 1. The lowest BCUT2D eigenvalue weighted by Crippen LogP contribution is -2.29. The van der Waals surface area contributed by atoms with Crippen LogP contribution in [0.2, 0.25) is 0 Å². The van der Waals surface area contributed by atoms with Gasteiger partial charge in [0.05, 0.1) is 17.7 Å². The summed E-state index contributed by atoms with van der Waals surface area (Å²) in [6.07, 6.45) is 1.40. The molecule has 2 heterocycles. The average Bonchev–Trinajstić information content (AvgIpc) is 3.65. The zero-order chi connectivity index (χ0) is 30.1. The molecule has 0 bridgehead atoms. The molecule has 10 heteroatoms. The van der Waals surface area contributed by atoms with Gasteiger partial charge in [-0.1, -0.05) is 24.3 Å². The second kappa shape index (κ2) is 11.4. The molecule has 2 aliphatic rings. The van der Waals surface area contributed by atoms with Gasteiger partial charge in [0.1, 0.15) is 11.5 Å². The fourth-order valence-corrected chi connectivity index (χ4v) is 7.12. The van der Waals surface area contributed by atoms with Crippen molar-refractivity contribution in [2.75, 3.05) is 41.3 Å². The molecule has 43 heavy (non-hydrogen) atoms. The van der Waals surface area contributed by atoms with E-state index in [-0.39, 0.29) is 23.3 Å². The SMILES string of the molecule is COc1ccc(C(=O)N2CCc3ccc(NC(=O)COc4ccc(S(=O)(=O)N5CCc6ccccc65)cc4C)cc32)cc1. The van der Waals surface area contributed by atoms with Crippen LogP contribution in [0.25, 0.3) is 0 Å². The molecule has 2 aliphatic heterocycles. The minimum absolute atomic E-state index is 0.122. The molecular formula is C33H31N3O6S. The summed E-state index contributed by atoms with van der Waals surface area (Å²) < 4.78 is 39.1. The van der Waals surface area contributed by atoms with E-state index in [1.807, 2.05) is 30.3 Å². The molecule has 9 nitrogen and oxygen atoms in total. The number of aryl methyl sites for hydroxylation is 1. The third-order valence-corrected chi connectivity index (χ3v) is 9.59. The van der Waals surface area contributed by atoms with Crippen LogP contribution in [0.5, 0.6) is 11.5 Å². The van der Waals surface area contributed by atoms with Crippen molar-refractivity contribution in [3.05, 3.63) is 107 Å². The lowest BCUT2D eigenvalue weighted by molar-refractivity contribution is -0.118. The first-order valence-corrected chi connectivity index (χ1v) is 15.4. The van der Waals surface area contributed by atoms with Crippen molar-refractivity contribution in [3.63, 3.8) is 0 Å². The summed E-state index contributed by atoms with van der Waals surface area (Å²) in [6, 6.07) is 24.6. The highest BCUT2D eigenvalue weighted by atomic mass is 32.2. The number of rotatable bonds is 8. The summed E-state index contributed by atoms with van der Waals surface area (Å²) in [7, 11) is -2.16. The Morgan fingerprint density at radius 1 is 0.860 bits per heavy atom. The number of hydrogen-bond donors (Lipinski definition) is 1. The third kappa shape index (κ3) is 5.53. The second-order valence-electron chi connectivity index (χ2n) is 10.5. The van der Waals surface area contributed by atoms with Crippen LogP contribution in [0.15, 0.2) is 89.8 Å². The van der Waals surface area contributed by atoms with E-state index in [4.69, 9.17) is 9.47 Å². The average molecular weight is 598 g/mol. The third-order valence-electron chi connectivity index (χ3n) is 7.78. The highest BCUT2D eigenvalue weighted by Crippen LogP contribution is 2.34. The molecule has 0 aliphatic carbocycles. The highest BCUT2D eigenvalue weighted by molar-refractivity contribution is 7.92. The maximum absolute atomic E-state index is 13.4. The molecule has 0 atom stereocenters. The molecule has 4 aromatic carbocycles. The van der Waals surface area contributed by atoms with Gasteiger partial charge in [-0.05, 0) is 97.1 Å². The second-order valence-corrected chi connectivity index (χ2v) is 12.4. The Hall–Kier alpha value is -4.83. The van der Waals surface area contributed by atoms with E-state index < -0.39 is 10.0 Å². The summed E-state index contributed by atoms with van der Waals surface area (Å²) in [4.78, 5) is 27.9. The van der Waals surface area contributed by atoms with Gasteiger partial charge < -0.3 is 19.7 Å². The number of hydrogen-bond acceptors (Lipinski definition) is 6. The topological polar surface area (TPSA) is 105 Å². The Labute approximate surface area is 250 Å². The van der Waals surface area contributed by atoms with Crippen molar-refractivity contribution in [1.29, 1.82) is 0 Å². The normalized spacial score (nSPS) is 13.8. The minimum Gasteiger partial charge on any atom is -0.497 e. The number of benzene rings is 4. The molecule has 6 rings (SSSR count). The first-order valence-electron chi connectivity index (χ1n) is 14.0. The molecule has 220 valence electrons. The van der Waals surface area contributed by atoms with Crippen LogP contribution in [0.3, 0.4) is 0 Å². The summed E-state index contributed by atoms with van der Waals surface area (Å²) in [5, 5.41) is 2.84. The predicted octanol–water partition coefficient (Wildman–Crippen LogP) is 4.98. The lowest BCUT2D eigenvalue weighted by atomic mass is 10.1. The zero-order valence-electron chi connectivity index (χ0n) is 23.9. The van der Waals surface area contributed by atoms with Crippen LogP contribution in [0.4, 0.5) is 17.1 Å². The summed E-state index contributed by atoms with van der Waals surface area (Å²) in [5.41, 5.74) is 5.20. The van der Waals surface area contributed by atoms with E-state index in [0.717, 1.165) is 23.2 Å². The number of para-hydroxylation sites is 1. The van der Waals surface area contributed by atoms with Crippen LogP contribution in [-0.4, -0.2) is 47.0 Å². The summed E-state index contributed by atoms with van der Waals surface area (Å²) in [6.45, 7) is 2.43. The number of anilines is 3. The summed E-state index contributed by atoms with van der Waals surface area (Å²) >= 11 is 0. The van der Waals surface area contributed by atoms with Crippen LogP contribution in [-0.2, 0) is 27.7 Å². The molecule has 0 unspecified atom stereocenters. The molecule has 0 fully saturated rings. The van der Waals surface area contributed by atoms with Crippen LogP contribution >= 0.6 is 0 Å². The van der Waals surface area contributed by atoms with E-state index in [9.17, 15) is 18.0 Å². The quantitative estimate of drug-likeness (QED) is 0.307. The monoisotopic (exact) mass is 597 g/mol. The molecule has 0 radical (unpaired) electrons. The van der Waals surface area contributed by atoms with E-state index in [2.05, 4.69) is 5.32 Å². The van der Waals surface area contributed by atoms with Gasteiger partial charge in [-0.2, -0.15) is 0 Å². The van der Waals surface area contributed by atoms with Crippen LogP contribution in [0, 0.1) is 6.92 Å². The highest BCUT2D eigenvalue weighted by Gasteiger charge is 2.31. The molecule has 0 aromatic heterocycles. The zero-order valence-corrected chi connectivity index (χ0v) is 24.7. The van der Waals surface area contributed by atoms with E-state index >= 15 is 0 Å². The molecule has 0 saturated heterocycles. The Morgan fingerprint density at radius 3 is 2.37 bits per heavy atom. The number of fused-ring (bicyclic) bond motifs is 2. The molecule has 0 saturated carbocycles. The van der Waals surface area contributed by atoms with Gasteiger partial charge in [0.25, 0.3) is 21.8 Å². The van der Waals surface area contributed by atoms with Gasteiger partial charge in [0.15, 0.2) is 6.61 Å². The van der Waals surface area contributed by atoms with Gasteiger partial charge in [0.2, 0.25) is 0 Å². The Morgan fingerprint density at radius 2 is 1.60 bits per heavy atom. The largest absolute Gasteiger partial charge is 0.497 e. The lowest BCUT2D eigenvalue weighted by Gasteiger charge is -2.20. The van der Waals surface area contributed by atoms with E-state index in [0.29, 0.717) is 53.5 Å². The number of carbonyl (C=O) groups is 2. The Kier molecular flexibility index (Phi) is 7.53. The number of nitrogens with one attached hydrogen (secondary N) is 1. The number of nitrogens with zero attached hydrogens (tertiary/aromatic N) is 2. The first kappa shape index (κ1) is 28.3. The van der Waals surface area contributed by atoms with Gasteiger partial charge in [0, 0.05) is 30.0 Å². The number of carbonyl (C=O) groups excluding carboxylic acids is 2. The van der Waals surface area contributed by atoms with Gasteiger partial charge >= 0.3 is 0 Å². The van der Waals surface area contributed by atoms with Crippen molar-refractivity contribution in [1.82, 2.24) is 0 Å². The van der Waals surface area contributed by atoms with Crippen LogP contribution < -0.4 is 24.0 Å². The maximum Gasteiger partial charge on any atom is 0.264 e. The molecular weight excluding hydrogens is 566 g/mol. The molecule has 0 spiro atoms. The summed E-state index contributed by atoms with van der Waals surface area (Å²) in [5.74, 6) is 0.593. The molecule has 4 aromatic rings. The number of amides is 2. The van der Waals surface area contributed by atoms with E-state index in [1.165, 1.54) is 10.4 Å². The molecule has 1 N–H and O–H groups in total. The van der Waals surface area contributed by atoms with Crippen molar-refractivity contribution < 1.29 is 27.5 Å². The van der Waals surface area contributed by atoms with Gasteiger partial charge in [-0.3, -0.25) is 13.9 Å². The fraction of sp³-hybridized carbons (Fsp3) is 0.212. The smallest absolute Gasteiger partial charge is 0.264 e. The maximum atomic E-state index is 13.4. The van der Waals surface area contributed by atoms with Crippen molar-refractivity contribution in [3.8, 4) is 11.5 Å². The Bertz CT molecular complexity index is 1820. The molecule has 2 amide bonds.